The van der Waals surface area contributed by atoms with Crippen molar-refractivity contribution in [1.82, 2.24) is 9.13 Å². The molecule has 7 aromatic rings. The highest BCUT2D eigenvalue weighted by atomic mass is 15.1. The van der Waals surface area contributed by atoms with E-state index in [0.717, 1.165) is 0 Å². The number of aromatic nitrogens is 2. The molecule has 0 N–H and O–H groups in total. The van der Waals surface area contributed by atoms with E-state index in [1.165, 1.54) is 66.1 Å². The molecule has 0 amide bonds. The van der Waals surface area contributed by atoms with Crippen LogP contribution in [0.4, 0.5) is 0 Å². The van der Waals surface area contributed by atoms with Gasteiger partial charge in [-0.1, -0.05) is 84.9 Å². The zero-order valence-corrected chi connectivity index (χ0v) is 19.3. The Labute approximate surface area is 198 Å². The number of nitrogens with zero attached hydrogens (tertiary/aromatic N) is 2. The first-order valence-corrected chi connectivity index (χ1v) is 11.8. The molecule has 0 aliphatic rings. The fourth-order valence-electron chi connectivity index (χ4n) is 5.67. The van der Waals surface area contributed by atoms with Crippen molar-refractivity contribution in [3.8, 4) is 11.4 Å². The summed E-state index contributed by atoms with van der Waals surface area (Å²) in [6.45, 7) is 4.46. The molecule has 0 unspecified atom stereocenters. The molecule has 2 heterocycles. The van der Waals surface area contributed by atoms with Crippen LogP contribution < -0.4 is 0 Å². The van der Waals surface area contributed by atoms with Gasteiger partial charge in [0.05, 0.1) is 33.4 Å². The van der Waals surface area contributed by atoms with Crippen LogP contribution >= 0.6 is 0 Å². The highest BCUT2D eigenvalue weighted by molar-refractivity contribution is 6.11. The Hall–Kier alpha value is -4.30. The molecule has 0 aliphatic carbocycles. The van der Waals surface area contributed by atoms with Gasteiger partial charge in [0.15, 0.2) is 0 Å². The summed E-state index contributed by atoms with van der Waals surface area (Å²) in [6.07, 6.45) is 0. The lowest BCUT2D eigenvalue weighted by atomic mass is 10.1. The van der Waals surface area contributed by atoms with Crippen molar-refractivity contribution < 1.29 is 0 Å². The summed E-state index contributed by atoms with van der Waals surface area (Å²) in [5.41, 5.74) is 9.94. The van der Waals surface area contributed by atoms with E-state index in [1.807, 2.05) is 0 Å². The molecule has 2 heteroatoms. The Bertz CT molecular complexity index is 1640. The van der Waals surface area contributed by atoms with E-state index < -0.39 is 0 Å². The molecule has 0 spiro atoms. The molecule has 0 aliphatic heterocycles. The molecule has 162 valence electrons. The second kappa shape index (κ2) is 7.10. The van der Waals surface area contributed by atoms with Crippen molar-refractivity contribution in [3.63, 3.8) is 0 Å². The quantitative estimate of drug-likeness (QED) is 0.257. The van der Waals surface area contributed by atoms with Gasteiger partial charge in [0.2, 0.25) is 0 Å². The molecular formula is C32H24N2. The van der Waals surface area contributed by atoms with E-state index in [0.29, 0.717) is 0 Å². The molecule has 0 saturated heterocycles. The maximum Gasteiger partial charge on any atom is 0.0735 e. The molecule has 0 bridgehead atoms. The highest BCUT2D eigenvalue weighted by Gasteiger charge is 2.21. The first kappa shape index (κ1) is 19.2. The van der Waals surface area contributed by atoms with Crippen LogP contribution in [0.3, 0.4) is 0 Å². The largest absolute Gasteiger partial charge is 0.307 e. The standard InChI is InChI=1S/C32H24N2/c1-21-19-20-22(2)32(34-29-17-9-5-13-25(29)26-14-6-10-18-30(26)34)31(21)33-27-15-7-3-11-23(27)24-12-4-8-16-28(24)33/h3-20H,1-2H3. The first-order valence-electron chi connectivity index (χ1n) is 11.8. The first-order chi connectivity index (χ1) is 16.7. The summed E-state index contributed by atoms with van der Waals surface area (Å²) in [5, 5.41) is 5.14. The van der Waals surface area contributed by atoms with Crippen LogP contribution in [0, 0.1) is 13.8 Å². The second-order valence-electron chi connectivity index (χ2n) is 9.14. The van der Waals surface area contributed by atoms with Gasteiger partial charge in [-0.25, -0.2) is 0 Å². The maximum atomic E-state index is 2.46. The number of para-hydroxylation sites is 4. The summed E-state index contributed by atoms with van der Waals surface area (Å²) >= 11 is 0. The van der Waals surface area contributed by atoms with Crippen LogP contribution in [0.15, 0.2) is 109 Å². The van der Waals surface area contributed by atoms with E-state index in [9.17, 15) is 0 Å². The molecule has 34 heavy (non-hydrogen) atoms. The molecule has 2 aromatic heterocycles. The Morgan fingerprint density at radius 2 is 0.618 bits per heavy atom. The number of hydrogen-bond acceptors (Lipinski definition) is 0. The van der Waals surface area contributed by atoms with Gasteiger partial charge in [-0.3, -0.25) is 0 Å². The minimum absolute atomic E-state index is 1.24. The summed E-state index contributed by atoms with van der Waals surface area (Å²) in [7, 11) is 0. The van der Waals surface area contributed by atoms with Crippen LogP contribution in [0.1, 0.15) is 11.1 Å². The topological polar surface area (TPSA) is 9.86 Å². The Balaban J connectivity index is 1.72. The minimum Gasteiger partial charge on any atom is -0.307 e. The molecular weight excluding hydrogens is 412 g/mol. The number of rotatable bonds is 2. The van der Waals surface area contributed by atoms with Crippen LogP contribution in [0.2, 0.25) is 0 Å². The summed E-state index contributed by atoms with van der Waals surface area (Å²) in [4.78, 5) is 0. The lowest BCUT2D eigenvalue weighted by Gasteiger charge is -2.21. The SMILES string of the molecule is Cc1ccc(C)c(-n2c3ccccc3c3ccccc32)c1-n1c2ccccc2c2ccccc21. The third-order valence-corrected chi connectivity index (χ3v) is 7.16. The third kappa shape index (κ3) is 2.51. The third-order valence-electron chi connectivity index (χ3n) is 7.16. The van der Waals surface area contributed by atoms with Crippen LogP contribution in [-0.2, 0) is 0 Å². The molecule has 0 fully saturated rings. The van der Waals surface area contributed by atoms with Gasteiger partial charge in [0, 0.05) is 21.5 Å². The fraction of sp³-hybridized carbons (Fsp3) is 0.0625. The highest BCUT2D eigenvalue weighted by Crippen LogP contribution is 2.40. The number of hydrogen-bond donors (Lipinski definition) is 0. The average molecular weight is 437 g/mol. The van der Waals surface area contributed by atoms with Crippen molar-refractivity contribution >= 4 is 43.6 Å². The van der Waals surface area contributed by atoms with Gasteiger partial charge in [0.1, 0.15) is 0 Å². The summed E-state index contributed by atoms with van der Waals surface area (Å²) < 4.78 is 4.93. The van der Waals surface area contributed by atoms with Gasteiger partial charge in [-0.15, -0.1) is 0 Å². The predicted octanol–water partition coefficient (Wildman–Crippen LogP) is 8.50. The van der Waals surface area contributed by atoms with Crippen molar-refractivity contribution in [1.29, 1.82) is 0 Å². The van der Waals surface area contributed by atoms with Gasteiger partial charge in [-0.2, -0.15) is 0 Å². The molecule has 5 aromatic carbocycles. The van der Waals surface area contributed by atoms with E-state index in [1.54, 1.807) is 0 Å². The van der Waals surface area contributed by atoms with E-state index in [-0.39, 0.29) is 0 Å². The molecule has 0 saturated carbocycles. The second-order valence-corrected chi connectivity index (χ2v) is 9.14. The predicted molar refractivity (Wildman–Crippen MR) is 145 cm³/mol. The summed E-state index contributed by atoms with van der Waals surface area (Å²) in [5.74, 6) is 0. The Kier molecular flexibility index (Phi) is 4.01. The van der Waals surface area contributed by atoms with Crippen LogP contribution in [0.5, 0.6) is 0 Å². The Morgan fingerprint density at radius 1 is 0.353 bits per heavy atom. The van der Waals surface area contributed by atoms with E-state index >= 15 is 0 Å². The van der Waals surface area contributed by atoms with Crippen molar-refractivity contribution in [3.05, 3.63) is 120 Å². The molecule has 7 rings (SSSR count). The van der Waals surface area contributed by atoms with Crippen LogP contribution in [-0.4, -0.2) is 9.13 Å². The minimum atomic E-state index is 1.24. The van der Waals surface area contributed by atoms with Gasteiger partial charge < -0.3 is 9.13 Å². The normalized spacial score (nSPS) is 11.8. The zero-order chi connectivity index (χ0) is 22.8. The molecule has 2 nitrogen and oxygen atoms in total. The number of aryl methyl sites for hydroxylation is 2. The van der Waals surface area contributed by atoms with E-state index in [4.69, 9.17) is 0 Å². The van der Waals surface area contributed by atoms with Gasteiger partial charge in [-0.05, 0) is 49.2 Å². The maximum absolute atomic E-state index is 2.46. The smallest absolute Gasteiger partial charge is 0.0735 e. The lowest BCUT2D eigenvalue weighted by Crippen LogP contribution is -2.07. The van der Waals surface area contributed by atoms with E-state index in [2.05, 4.69) is 132 Å². The number of benzene rings is 5. The Morgan fingerprint density at radius 3 is 0.912 bits per heavy atom. The lowest BCUT2D eigenvalue weighted by molar-refractivity contribution is 1.06. The van der Waals surface area contributed by atoms with Crippen molar-refractivity contribution in [2.24, 2.45) is 0 Å². The zero-order valence-electron chi connectivity index (χ0n) is 19.3. The van der Waals surface area contributed by atoms with Crippen molar-refractivity contribution in [2.45, 2.75) is 13.8 Å². The monoisotopic (exact) mass is 436 g/mol. The average Bonchev–Trinajstić information content (AvgIpc) is 3.39. The molecule has 0 atom stereocenters. The fourth-order valence-corrected chi connectivity index (χ4v) is 5.67. The number of fused-ring (bicyclic) bond motifs is 6. The van der Waals surface area contributed by atoms with Crippen molar-refractivity contribution in [2.75, 3.05) is 0 Å². The van der Waals surface area contributed by atoms with Gasteiger partial charge >= 0.3 is 0 Å². The van der Waals surface area contributed by atoms with Gasteiger partial charge in [0.25, 0.3) is 0 Å². The molecule has 0 radical (unpaired) electrons. The summed E-state index contributed by atoms with van der Waals surface area (Å²) in [6, 6.07) is 39.5. The van der Waals surface area contributed by atoms with Crippen LogP contribution in [0.25, 0.3) is 55.0 Å².